The molecule has 3 aromatic rings. The minimum Gasteiger partial charge on any atom is -0.497 e. The smallest absolute Gasteiger partial charge is 0.336 e. The number of methoxy groups -OCH3 is 1. The highest BCUT2D eigenvalue weighted by molar-refractivity contribution is 5.94. The predicted molar refractivity (Wildman–Crippen MR) is 109 cm³/mol. The average Bonchev–Trinajstić information content (AvgIpc) is 2.72. The minimum atomic E-state index is -0.346. The van der Waals surface area contributed by atoms with E-state index in [1.165, 1.54) is 24.8 Å². The Morgan fingerprint density at radius 3 is 2.50 bits per heavy atom. The van der Waals surface area contributed by atoms with Crippen LogP contribution >= 0.6 is 0 Å². The topological polar surface area (TPSA) is 48.7 Å². The lowest BCUT2D eigenvalue weighted by atomic mass is 9.79. The second-order valence-corrected chi connectivity index (χ2v) is 8.01. The molecule has 0 amide bonds. The second-order valence-electron chi connectivity index (χ2n) is 8.01. The summed E-state index contributed by atoms with van der Waals surface area (Å²) in [7, 11) is 1.65. The first-order valence-electron chi connectivity index (χ1n) is 10.1. The third-order valence-corrected chi connectivity index (χ3v) is 6.27. The van der Waals surface area contributed by atoms with Gasteiger partial charge in [0.05, 0.1) is 7.11 Å². The number of fused-ring (bicyclic) bond motifs is 2. The molecule has 1 aliphatic heterocycles. The zero-order valence-corrected chi connectivity index (χ0v) is 16.1. The van der Waals surface area contributed by atoms with Gasteiger partial charge < -0.3 is 13.9 Å². The van der Waals surface area contributed by atoms with Crippen molar-refractivity contribution in [3.8, 4) is 22.6 Å². The van der Waals surface area contributed by atoms with Crippen LogP contribution in [0, 0.1) is 0 Å². The standard InChI is InChI=1S/C24H24O4/c1-26-18-7-5-16(6-8-18)19-14-23(25)27-22-15-21-17(13-20(19)22)9-12-24(28-21)10-3-2-4-11-24/h5-8,13-15H,2-4,9-12H2,1H3. The van der Waals surface area contributed by atoms with Gasteiger partial charge in [-0.15, -0.1) is 0 Å². The molecule has 1 saturated carbocycles. The molecular formula is C24H24O4. The van der Waals surface area contributed by atoms with Gasteiger partial charge in [0.25, 0.3) is 0 Å². The zero-order chi connectivity index (χ0) is 19.1. The molecule has 0 unspecified atom stereocenters. The molecule has 1 aliphatic carbocycles. The number of hydrogen-bond donors (Lipinski definition) is 0. The van der Waals surface area contributed by atoms with Gasteiger partial charge in [-0.25, -0.2) is 4.79 Å². The Morgan fingerprint density at radius 2 is 1.75 bits per heavy atom. The molecule has 4 heteroatoms. The van der Waals surface area contributed by atoms with Gasteiger partial charge in [0.2, 0.25) is 0 Å². The van der Waals surface area contributed by atoms with Crippen LogP contribution < -0.4 is 15.1 Å². The van der Waals surface area contributed by atoms with Gasteiger partial charge in [0.1, 0.15) is 22.7 Å². The van der Waals surface area contributed by atoms with Crippen molar-refractivity contribution in [1.82, 2.24) is 0 Å². The Labute approximate surface area is 164 Å². The van der Waals surface area contributed by atoms with Crippen LogP contribution in [0.4, 0.5) is 0 Å². The molecular weight excluding hydrogens is 352 g/mol. The summed E-state index contributed by atoms with van der Waals surface area (Å²) in [6.45, 7) is 0. The first kappa shape index (κ1) is 17.4. The van der Waals surface area contributed by atoms with Crippen LogP contribution in [0.15, 0.2) is 51.7 Å². The summed E-state index contributed by atoms with van der Waals surface area (Å²) in [5, 5.41) is 0.951. The number of benzene rings is 2. The highest BCUT2D eigenvalue weighted by Gasteiger charge is 2.37. The summed E-state index contributed by atoms with van der Waals surface area (Å²) in [4.78, 5) is 12.2. The number of hydrogen-bond acceptors (Lipinski definition) is 4. The zero-order valence-electron chi connectivity index (χ0n) is 16.1. The van der Waals surface area contributed by atoms with Crippen LogP contribution in [0.2, 0.25) is 0 Å². The highest BCUT2D eigenvalue weighted by atomic mass is 16.5. The van der Waals surface area contributed by atoms with E-state index in [2.05, 4.69) is 6.07 Å². The molecule has 1 spiro atoms. The van der Waals surface area contributed by atoms with E-state index < -0.39 is 0 Å². The van der Waals surface area contributed by atoms with Gasteiger partial charge in [-0.1, -0.05) is 18.6 Å². The van der Waals surface area contributed by atoms with Gasteiger partial charge in [0, 0.05) is 17.5 Å². The predicted octanol–water partition coefficient (Wildman–Crippen LogP) is 5.50. The quantitative estimate of drug-likeness (QED) is 0.554. The van der Waals surface area contributed by atoms with E-state index in [1.807, 2.05) is 30.3 Å². The Kier molecular flexibility index (Phi) is 4.15. The van der Waals surface area contributed by atoms with Crippen molar-refractivity contribution in [1.29, 1.82) is 0 Å². The van der Waals surface area contributed by atoms with Crippen molar-refractivity contribution >= 4 is 11.0 Å². The maximum atomic E-state index is 12.2. The van der Waals surface area contributed by atoms with Crippen molar-refractivity contribution in [2.24, 2.45) is 0 Å². The summed E-state index contributed by atoms with van der Waals surface area (Å²) in [5.41, 5.74) is 3.28. The molecule has 1 fully saturated rings. The monoisotopic (exact) mass is 376 g/mol. The number of rotatable bonds is 2. The van der Waals surface area contributed by atoms with Crippen molar-refractivity contribution in [3.05, 3.63) is 58.4 Å². The van der Waals surface area contributed by atoms with E-state index in [1.54, 1.807) is 13.2 Å². The average molecular weight is 376 g/mol. The van der Waals surface area contributed by atoms with Crippen LogP contribution in [-0.2, 0) is 6.42 Å². The summed E-state index contributed by atoms with van der Waals surface area (Å²) in [6, 6.07) is 13.4. The maximum Gasteiger partial charge on any atom is 0.336 e. The van der Waals surface area contributed by atoms with E-state index in [4.69, 9.17) is 13.9 Å². The lowest BCUT2D eigenvalue weighted by Crippen LogP contribution is -2.41. The fraction of sp³-hybridized carbons (Fsp3) is 0.375. The summed E-state index contributed by atoms with van der Waals surface area (Å²) in [5.74, 6) is 1.68. The molecule has 5 rings (SSSR count). The van der Waals surface area contributed by atoms with Crippen molar-refractivity contribution in [2.45, 2.75) is 50.5 Å². The van der Waals surface area contributed by atoms with Gasteiger partial charge in [-0.2, -0.15) is 0 Å². The van der Waals surface area contributed by atoms with Gasteiger partial charge in [-0.3, -0.25) is 0 Å². The minimum absolute atomic E-state index is 0.0210. The SMILES string of the molecule is COc1ccc(-c2cc(=O)oc3cc4c(cc23)CCC2(CCCCC2)O4)cc1. The largest absolute Gasteiger partial charge is 0.497 e. The van der Waals surface area contributed by atoms with Crippen LogP contribution in [0.1, 0.15) is 44.1 Å². The Balaban J connectivity index is 1.61. The van der Waals surface area contributed by atoms with Crippen LogP contribution in [0.5, 0.6) is 11.5 Å². The third-order valence-electron chi connectivity index (χ3n) is 6.27. The van der Waals surface area contributed by atoms with Gasteiger partial charge in [0.15, 0.2) is 0 Å². The van der Waals surface area contributed by atoms with E-state index in [-0.39, 0.29) is 11.2 Å². The molecule has 0 saturated heterocycles. The van der Waals surface area contributed by atoms with Crippen molar-refractivity contribution in [2.75, 3.05) is 7.11 Å². The Morgan fingerprint density at radius 1 is 0.964 bits per heavy atom. The lowest BCUT2D eigenvalue weighted by Gasteiger charge is -2.41. The molecule has 0 atom stereocenters. The molecule has 0 radical (unpaired) electrons. The molecule has 0 bridgehead atoms. The van der Waals surface area contributed by atoms with Gasteiger partial charge >= 0.3 is 5.63 Å². The Bertz CT molecular complexity index is 1070. The first-order valence-corrected chi connectivity index (χ1v) is 10.1. The van der Waals surface area contributed by atoms with Crippen molar-refractivity contribution < 1.29 is 13.9 Å². The normalized spacial score (nSPS) is 17.9. The molecule has 28 heavy (non-hydrogen) atoms. The highest BCUT2D eigenvalue weighted by Crippen LogP contribution is 2.43. The second kappa shape index (κ2) is 6.69. The molecule has 2 aliphatic rings. The van der Waals surface area contributed by atoms with Gasteiger partial charge in [-0.05, 0) is 73.4 Å². The van der Waals surface area contributed by atoms with E-state index in [9.17, 15) is 4.79 Å². The maximum absolute atomic E-state index is 12.2. The summed E-state index contributed by atoms with van der Waals surface area (Å²) < 4.78 is 17.3. The van der Waals surface area contributed by atoms with Crippen LogP contribution in [0.3, 0.4) is 0 Å². The summed E-state index contributed by atoms with van der Waals surface area (Å²) >= 11 is 0. The summed E-state index contributed by atoms with van der Waals surface area (Å²) in [6.07, 6.45) is 8.10. The van der Waals surface area contributed by atoms with E-state index in [0.717, 1.165) is 53.7 Å². The number of ether oxygens (including phenoxy) is 2. The first-order chi connectivity index (χ1) is 13.7. The van der Waals surface area contributed by atoms with Crippen molar-refractivity contribution in [3.63, 3.8) is 0 Å². The third kappa shape index (κ3) is 2.97. The molecule has 144 valence electrons. The van der Waals surface area contributed by atoms with Crippen LogP contribution in [-0.4, -0.2) is 12.7 Å². The van der Waals surface area contributed by atoms with E-state index >= 15 is 0 Å². The molecule has 2 heterocycles. The fourth-order valence-corrected chi connectivity index (χ4v) is 4.73. The molecule has 1 aromatic heterocycles. The lowest BCUT2D eigenvalue weighted by molar-refractivity contribution is 0.0109. The molecule has 2 aromatic carbocycles. The molecule has 4 nitrogen and oxygen atoms in total. The molecule has 0 N–H and O–H groups in total. The Hall–Kier alpha value is -2.75. The fourth-order valence-electron chi connectivity index (χ4n) is 4.73. The number of aryl methyl sites for hydroxylation is 1. The van der Waals surface area contributed by atoms with Crippen LogP contribution in [0.25, 0.3) is 22.1 Å². The van der Waals surface area contributed by atoms with E-state index in [0.29, 0.717) is 5.58 Å².